The number of hydrogen-bond donors (Lipinski definition) is 1. The molecule has 1 aromatic carbocycles. The molecule has 0 saturated heterocycles. The average molecular weight is 196 g/mol. The topological polar surface area (TPSA) is 24.4 Å². The number of anilines is 1. The van der Waals surface area contributed by atoms with E-state index in [0.29, 0.717) is 0 Å². The van der Waals surface area contributed by atoms with Crippen LogP contribution in [0, 0.1) is 0 Å². The van der Waals surface area contributed by atoms with Gasteiger partial charge >= 0.3 is 0 Å². The first-order chi connectivity index (χ1) is 7.45. The SMILES string of the molecule is C1=Nc2ccc3c(c2/C=C\C=C/1)NCC3. The fourth-order valence-electron chi connectivity index (χ4n) is 2.06. The van der Waals surface area contributed by atoms with Crippen LogP contribution in [0.3, 0.4) is 0 Å². The summed E-state index contributed by atoms with van der Waals surface area (Å²) in [6.45, 7) is 1.04. The average Bonchev–Trinajstić information content (AvgIpc) is 2.65. The summed E-state index contributed by atoms with van der Waals surface area (Å²) in [4.78, 5) is 4.42. The molecule has 2 aliphatic heterocycles. The normalized spacial score (nSPS) is 20.8. The van der Waals surface area contributed by atoms with Gasteiger partial charge < -0.3 is 5.32 Å². The van der Waals surface area contributed by atoms with E-state index in [1.54, 1.807) is 0 Å². The van der Waals surface area contributed by atoms with E-state index in [1.165, 1.54) is 16.8 Å². The molecule has 0 spiro atoms. The predicted octanol–water partition coefficient (Wildman–Crippen LogP) is 2.94. The first kappa shape index (κ1) is 8.48. The van der Waals surface area contributed by atoms with Crippen LogP contribution < -0.4 is 5.32 Å². The summed E-state index contributed by atoms with van der Waals surface area (Å²) >= 11 is 0. The Balaban J connectivity index is 2.23. The third-order valence-electron chi connectivity index (χ3n) is 2.79. The van der Waals surface area contributed by atoms with Crippen molar-refractivity contribution in [2.75, 3.05) is 11.9 Å². The van der Waals surface area contributed by atoms with Crippen molar-refractivity contribution in [2.45, 2.75) is 6.42 Å². The van der Waals surface area contributed by atoms with Gasteiger partial charge in [-0.3, -0.25) is 4.99 Å². The van der Waals surface area contributed by atoms with E-state index in [0.717, 1.165) is 18.7 Å². The van der Waals surface area contributed by atoms with E-state index in [-0.39, 0.29) is 0 Å². The Hall–Kier alpha value is -1.83. The third kappa shape index (κ3) is 1.38. The molecule has 74 valence electrons. The van der Waals surface area contributed by atoms with Gasteiger partial charge in [0, 0.05) is 24.0 Å². The number of nitrogens with zero attached hydrogens (tertiary/aromatic N) is 1. The van der Waals surface area contributed by atoms with Gasteiger partial charge in [-0.05, 0) is 24.1 Å². The quantitative estimate of drug-likeness (QED) is 0.677. The van der Waals surface area contributed by atoms with E-state index in [1.807, 2.05) is 18.4 Å². The maximum atomic E-state index is 4.42. The molecule has 2 heterocycles. The van der Waals surface area contributed by atoms with Crippen molar-refractivity contribution in [1.82, 2.24) is 0 Å². The molecule has 2 heteroatoms. The van der Waals surface area contributed by atoms with Crippen molar-refractivity contribution in [3.63, 3.8) is 0 Å². The van der Waals surface area contributed by atoms with Crippen LogP contribution in [0.1, 0.15) is 11.1 Å². The minimum absolute atomic E-state index is 1.04. The highest BCUT2D eigenvalue weighted by atomic mass is 14.9. The van der Waals surface area contributed by atoms with Gasteiger partial charge in [-0.1, -0.05) is 24.3 Å². The number of benzene rings is 1. The molecule has 0 fully saturated rings. The van der Waals surface area contributed by atoms with Gasteiger partial charge in [0.05, 0.1) is 5.69 Å². The second kappa shape index (κ2) is 3.39. The van der Waals surface area contributed by atoms with E-state index in [2.05, 4.69) is 34.6 Å². The lowest BCUT2D eigenvalue weighted by atomic mass is 10.0. The molecule has 0 aliphatic carbocycles. The van der Waals surface area contributed by atoms with Gasteiger partial charge in [0.25, 0.3) is 0 Å². The molecule has 0 radical (unpaired) electrons. The first-order valence-electron chi connectivity index (χ1n) is 5.22. The monoisotopic (exact) mass is 196 g/mol. The standard InChI is InChI=1S/C13H12N2/c1-2-4-11-12(14-8-3-1)6-5-10-7-9-15-13(10)11/h1-6,8,15H,7,9H2/b2-1?,3-1-,4-2-,8-3?,11-4?,14-8?,14-12?. The molecule has 0 unspecified atom stereocenters. The number of allylic oxidation sites excluding steroid dienone is 3. The summed E-state index contributed by atoms with van der Waals surface area (Å²) in [6.07, 6.45) is 11.1. The zero-order valence-corrected chi connectivity index (χ0v) is 8.40. The van der Waals surface area contributed by atoms with Gasteiger partial charge in [-0.15, -0.1) is 0 Å². The molecule has 0 aromatic heterocycles. The molecule has 1 N–H and O–H groups in total. The maximum absolute atomic E-state index is 4.42. The second-order valence-electron chi connectivity index (χ2n) is 3.73. The molecule has 0 bridgehead atoms. The lowest BCUT2D eigenvalue weighted by Crippen LogP contribution is -1.93. The Kier molecular flexibility index (Phi) is 1.91. The highest BCUT2D eigenvalue weighted by Gasteiger charge is 2.15. The molecule has 0 atom stereocenters. The molecule has 15 heavy (non-hydrogen) atoms. The van der Waals surface area contributed by atoms with Gasteiger partial charge in [-0.2, -0.15) is 0 Å². The van der Waals surface area contributed by atoms with Crippen LogP contribution in [0.4, 0.5) is 11.4 Å². The zero-order chi connectivity index (χ0) is 10.1. The fourth-order valence-corrected chi connectivity index (χ4v) is 2.06. The molecule has 0 saturated carbocycles. The summed E-state index contributed by atoms with van der Waals surface area (Å²) in [7, 11) is 0. The number of fused-ring (bicyclic) bond motifs is 3. The largest absolute Gasteiger partial charge is 0.384 e. The molecular formula is C13H12N2. The number of hydrogen-bond acceptors (Lipinski definition) is 2. The van der Waals surface area contributed by atoms with Gasteiger partial charge in [-0.25, -0.2) is 0 Å². The second-order valence-corrected chi connectivity index (χ2v) is 3.73. The lowest BCUT2D eigenvalue weighted by Gasteiger charge is -2.08. The number of nitrogens with one attached hydrogen (secondary N) is 1. The van der Waals surface area contributed by atoms with Crippen molar-refractivity contribution < 1.29 is 0 Å². The van der Waals surface area contributed by atoms with Crippen LogP contribution >= 0.6 is 0 Å². The first-order valence-corrected chi connectivity index (χ1v) is 5.22. The van der Waals surface area contributed by atoms with Gasteiger partial charge in [0.1, 0.15) is 0 Å². The van der Waals surface area contributed by atoms with Gasteiger partial charge in [0.15, 0.2) is 0 Å². The zero-order valence-electron chi connectivity index (χ0n) is 8.40. The minimum atomic E-state index is 1.04. The van der Waals surface area contributed by atoms with E-state index < -0.39 is 0 Å². The molecule has 1 aromatic rings. The predicted molar refractivity (Wildman–Crippen MR) is 65.0 cm³/mol. The highest BCUT2D eigenvalue weighted by Crippen LogP contribution is 2.35. The lowest BCUT2D eigenvalue weighted by molar-refractivity contribution is 1.11. The Morgan fingerprint density at radius 3 is 3.13 bits per heavy atom. The third-order valence-corrected chi connectivity index (χ3v) is 2.79. The van der Waals surface area contributed by atoms with Crippen LogP contribution in [0.15, 0.2) is 35.4 Å². The molecule has 2 aliphatic rings. The number of rotatable bonds is 0. The molecular weight excluding hydrogens is 184 g/mol. The highest BCUT2D eigenvalue weighted by molar-refractivity contribution is 5.85. The van der Waals surface area contributed by atoms with Crippen LogP contribution in [-0.4, -0.2) is 12.8 Å². The van der Waals surface area contributed by atoms with Crippen molar-refractivity contribution in [3.05, 3.63) is 41.5 Å². The number of aliphatic imine (C=N–C) groups is 1. The summed E-state index contributed by atoms with van der Waals surface area (Å²) < 4.78 is 0. The summed E-state index contributed by atoms with van der Waals surface area (Å²) in [6, 6.07) is 4.27. The van der Waals surface area contributed by atoms with Crippen molar-refractivity contribution >= 4 is 23.7 Å². The van der Waals surface area contributed by atoms with E-state index >= 15 is 0 Å². The maximum Gasteiger partial charge on any atom is 0.0722 e. The summed E-state index contributed by atoms with van der Waals surface area (Å²) in [5, 5.41) is 3.43. The van der Waals surface area contributed by atoms with Crippen LogP contribution in [0.2, 0.25) is 0 Å². The van der Waals surface area contributed by atoms with Crippen LogP contribution in [0.5, 0.6) is 0 Å². The Labute approximate surface area is 89.0 Å². The molecule has 3 rings (SSSR count). The van der Waals surface area contributed by atoms with Crippen molar-refractivity contribution in [3.8, 4) is 0 Å². The van der Waals surface area contributed by atoms with E-state index in [4.69, 9.17) is 0 Å². The fraction of sp³-hybridized carbons (Fsp3) is 0.154. The van der Waals surface area contributed by atoms with Crippen molar-refractivity contribution in [1.29, 1.82) is 0 Å². The molecule has 0 amide bonds. The van der Waals surface area contributed by atoms with Crippen LogP contribution in [-0.2, 0) is 6.42 Å². The van der Waals surface area contributed by atoms with Crippen LogP contribution in [0.25, 0.3) is 6.08 Å². The summed E-state index contributed by atoms with van der Waals surface area (Å²) in [5.74, 6) is 0. The molecule has 2 nitrogen and oxygen atoms in total. The Morgan fingerprint density at radius 2 is 2.13 bits per heavy atom. The Morgan fingerprint density at radius 1 is 1.13 bits per heavy atom. The van der Waals surface area contributed by atoms with E-state index in [9.17, 15) is 0 Å². The van der Waals surface area contributed by atoms with Crippen molar-refractivity contribution in [2.24, 2.45) is 4.99 Å². The summed E-state index contributed by atoms with van der Waals surface area (Å²) in [5.41, 5.74) is 4.92. The Bertz CT molecular complexity index is 482. The van der Waals surface area contributed by atoms with Gasteiger partial charge in [0.2, 0.25) is 0 Å². The minimum Gasteiger partial charge on any atom is -0.384 e. The smallest absolute Gasteiger partial charge is 0.0722 e.